The standard InChI is InChI=1S/C26H24N2O2/c1-3-18-7-9-19(10-8-18)26(29)28-16-21-11-12-23(24-13-14-27-17-25(21)24)20-5-4-6-22(15-20)30-2/h4-15,17H,3,16H2,1-2H3,(H,28,29). The van der Waals surface area contributed by atoms with Gasteiger partial charge in [-0.25, -0.2) is 0 Å². The summed E-state index contributed by atoms with van der Waals surface area (Å²) in [4.78, 5) is 16.9. The molecule has 4 heteroatoms. The van der Waals surface area contributed by atoms with E-state index in [0.29, 0.717) is 12.1 Å². The molecule has 0 saturated heterocycles. The quantitative estimate of drug-likeness (QED) is 0.475. The Morgan fingerprint density at radius 3 is 2.60 bits per heavy atom. The maximum atomic E-state index is 12.6. The zero-order chi connectivity index (χ0) is 20.9. The van der Waals surface area contributed by atoms with Crippen molar-refractivity contribution in [2.24, 2.45) is 0 Å². The van der Waals surface area contributed by atoms with Crippen molar-refractivity contribution in [1.82, 2.24) is 10.3 Å². The van der Waals surface area contributed by atoms with Gasteiger partial charge in [0.1, 0.15) is 5.75 Å². The molecule has 4 nitrogen and oxygen atoms in total. The summed E-state index contributed by atoms with van der Waals surface area (Å²) in [7, 11) is 1.67. The molecular formula is C26H24N2O2. The summed E-state index contributed by atoms with van der Waals surface area (Å²) < 4.78 is 5.37. The third kappa shape index (κ3) is 4.03. The van der Waals surface area contributed by atoms with Crippen molar-refractivity contribution in [3.63, 3.8) is 0 Å². The van der Waals surface area contributed by atoms with Crippen LogP contribution < -0.4 is 10.1 Å². The number of nitrogens with zero attached hydrogens (tertiary/aromatic N) is 1. The van der Waals surface area contributed by atoms with Gasteiger partial charge in [-0.2, -0.15) is 0 Å². The fourth-order valence-electron chi connectivity index (χ4n) is 3.61. The van der Waals surface area contributed by atoms with Crippen LogP contribution in [0.2, 0.25) is 0 Å². The van der Waals surface area contributed by atoms with Crippen LogP contribution in [0.1, 0.15) is 28.4 Å². The van der Waals surface area contributed by atoms with Gasteiger partial charge < -0.3 is 10.1 Å². The summed E-state index contributed by atoms with van der Waals surface area (Å²) in [6.07, 6.45) is 4.61. The monoisotopic (exact) mass is 396 g/mol. The minimum atomic E-state index is -0.0773. The molecule has 30 heavy (non-hydrogen) atoms. The lowest BCUT2D eigenvalue weighted by atomic mass is 9.96. The number of aryl methyl sites for hydroxylation is 1. The van der Waals surface area contributed by atoms with Crippen LogP contribution in [0, 0.1) is 0 Å². The number of nitrogens with one attached hydrogen (secondary N) is 1. The number of methoxy groups -OCH3 is 1. The molecule has 1 aromatic heterocycles. The zero-order valence-corrected chi connectivity index (χ0v) is 17.2. The Kier molecular flexibility index (Phi) is 5.75. The average molecular weight is 396 g/mol. The molecule has 4 aromatic rings. The maximum absolute atomic E-state index is 12.6. The minimum Gasteiger partial charge on any atom is -0.497 e. The Morgan fingerprint density at radius 1 is 1.00 bits per heavy atom. The Labute approximate surface area is 176 Å². The molecule has 0 saturated carbocycles. The second kappa shape index (κ2) is 8.78. The number of rotatable bonds is 6. The lowest BCUT2D eigenvalue weighted by Crippen LogP contribution is -2.22. The van der Waals surface area contributed by atoms with E-state index in [1.165, 1.54) is 5.56 Å². The van der Waals surface area contributed by atoms with Gasteiger partial charge in [-0.15, -0.1) is 0 Å². The molecular weight excluding hydrogens is 372 g/mol. The second-order valence-electron chi connectivity index (χ2n) is 7.16. The van der Waals surface area contributed by atoms with E-state index >= 15 is 0 Å². The van der Waals surface area contributed by atoms with Crippen molar-refractivity contribution in [3.05, 3.63) is 95.8 Å². The van der Waals surface area contributed by atoms with E-state index < -0.39 is 0 Å². The topological polar surface area (TPSA) is 51.2 Å². The Hall–Kier alpha value is -3.66. The summed E-state index contributed by atoms with van der Waals surface area (Å²) in [5, 5.41) is 5.16. The van der Waals surface area contributed by atoms with Gasteiger partial charge in [-0.05, 0) is 64.4 Å². The van der Waals surface area contributed by atoms with Crippen molar-refractivity contribution in [3.8, 4) is 16.9 Å². The highest BCUT2D eigenvalue weighted by Crippen LogP contribution is 2.32. The average Bonchev–Trinajstić information content (AvgIpc) is 2.82. The molecule has 0 radical (unpaired) electrons. The number of benzene rings is 3. The highest BCUT2D eigenvalue weighted by molar-refractivity contribution is 5.99. The minimum absolute atomic E-state index is 0.0773. The van der Waals surface area contributed by atoms with Gasteiger partial charge in [0.25, 0.3) is 5.91 Å². The van der Waals surface area contributed by atoms with Crippen molar-refractivity contribution in [2.45, 2.75) is 19.9 Å². The molecule has 0 aliphatic heterocycles. The van der Waals surface area contributed by atoms with Gasteiger partial charge in [-0.1, -0.05) is 43.3 Å². The second-order valence-corrected chi connectivity index (χ2v) is 7.16. The van der Waals surface area contributed by atoms with Crippen LogP contribution in [0.25, 0.3) is 21.9 Å². The molecule has 1 amide bonds. The first-order chi connectivity index (χ1) is 14.7. The number of pyridine rings is 1. The number of aromatic nitrogens is 1. The first kappa shape index (κ1) is 19.6. The van der Waals surface area contributed by atoms with Gasteiger partial charge in [0.15, 0.2) is 0 Å². The molecule has 1 N–H and O–H groups in total. The molecule has 3 aromatic carbocycles. The third-order valence-corrected chi connectivity index (χ3v) is 5.35. The molecule has 0 unspecified atom stereocenters. The predicted octanol–water partition coefficient (Wildman–Crippen LogP) is 5.40. The molecule has 0 atom stereocenters. The molecule has 0 spiro atoms. The molecule has 0 aliphatic rings. The van der Waals surface area contributed by atoms with Gasteiger partial charge in [0.05, 0.1) is 7.11 Å². The van der Waals surface area contributed by atoms with Crippen molar-refractivity contribution < 1.29 is 9.53 Å². The normalized spacial score (nSPS) is 10.7. The van der Waals surface area contributed by atoms with Gasteiger partial charge in [0.2, 0.25) is 0 Å². The van der Waals surface area contributed by atoms with E-state index in [9.17, 15) is 4.79 Å². The number of hydrogen-bond acceptors (Lipinski definition) is 3. The highest BCUT2D eigenvalue weighted by Gasteiger charge is 2.11. The van der Waals surface area contributed by atoms with E-state index in [0.717, 1.165) is 39.6 Å². The summed E-state index contributed by atoms with van der Waals surface area (Å²) in [5.41, 5.74) is 5.11. The third-order valence-electron chi connectivity index (χ3n) is 5.35. The van der Waals surface area contributed by atoms with Crippen molar-refractivity contribution in [1.29, 1.82) is 0 Å². The molecule has 4 rings (SSSR count). The smallest absolute Gasteiger partial charge is 0.251 e. The SMILES string of the molecule is CCc1ccc(C(=O)NCc2ccc(-c3cccc(OC)c3)c3ccncc23)cc1. The molecule has 0 aliphatic carbocycles. The van der Waals surface area contributed by atoms with Crippen molar-refractivity contribution in [2.75, 3.05) is 7.11 Å². The van der Waals surface area contributed by atoms with Crippen LogP contribution in [0.4, 0.5) is 0 Å². The number of hydrogen-bond donors (Lipinski definition) is 1. The van der Waals surface area contributed by atoms with E-state index in [4.69, 9.17) is 4.74 Å². The largest absolute Gasteiger partial charge is 0.497 e. The van der Waals surface area contributed by atoms with Crippen LogP contribution in [0.5, 0.6) is 5.75 Å². The van der Waals surface area contributed by atoms with Crippen molar-refractivity contribution >= 4 is 16.7 Å². The first-order valence-electron chi connectivity index (χ1n) is 10.1. The van der Waals surface area contributed by atoms with Gasteiger partial charge >= 0.3 is 0 Å². The highest BCUT2D eigenvalue weighted by atomic mass is 16.5. The Balaban J connectivity index is 1.61. The van der Waals surface area contributed by atoms with E-state index in [1.54, 1.807) is 13.3 Å². The van der Waals surface area contributed by atoms with Crippen LogP contribution in [0.15, 0.2) is 79.1 Å². The van der Waals surface area contributed by atoms with Crippen LogP contribution in [0.3, 0.4) is 0 Å². The number of fused-ring (bicyclic) bond motifs is 1. The molecule has 0 bridgehead atoms. The predicted molar refractivity (Wildman–Crippen MR) is 121 cm³/mol. The molecule has 150 valence electrons. The van der Waals surface area contributed by atoms with Crippen LogP contribution in [-0.4, -0.2) is 18.0 Å². The molecule has 0 fully saturated rings. The van der Waals surface area contributed by atoms with Gasteiger partial charge in [-0.3, -0.25) is 9.78 Å². The van der Waals surface area contributed by atoms with Gasteiger partial charge in [0, 0.05) is 29.9 Å². The van der Waals surface area contributed by atoms with E-state index in [2.05, 4.69) is 35.4 Å². The van der Waals surface area contributed by atoms with Crippen LogP contribution >= 0.6 is 0 Å². The Bertz CT molecular complexity index is 1180. The number of carbonyl (C=O) groups excluding carboxylic acids is 1. The fourth-order valence-corrected chi connectivity index (χ4v) is 3.61. The number of carbonyl (C=O) groups is 1. The number of ether oxygens (including phenoxy) is 1. The zero-order valence-electron chi connectivity index (χ0n) is 17.2. The fraction of sp³-hybridized carbons (Fsp3) is 0.154. The Morgan fingerprint density at radius 2 is 1.83 bits per heavy atom. The summed E-state index contributed by atoms with van der Waals surface area (Å²) in [6.45, 7) is 2.54. The number of amides is 1. The van der Waals surface area contributed by atoms with E-state index in [1.807, 2.05) is 54.7 Å². The maximum Gasteiger partial charge on any atom is 0.251 e. The molecule has 1 heterocycles. The first-order valence-corrected chi connectivity index (χ1v) is 10.1. The summed E-state index contributed by atoms with van der Waals surface area (Å²) in [6, 6.07) is 21.9. The summed E-state index contributed by atoms with van der Waals surface area (Å²) >= 11 is 0. The lowest BCUT2D eigenvalue weighted by Gasteiger charge is -2.13. The summed E-state index contributed by atoms with van der Waals surface area (Å²) in [5.74, 6) is 0.742. The van der Waals surface area contributed by atoms with Crippen LogP contribution in [-0.2, 0) is 13.0 Å². The lowest BCUT2D eigenvalue weighted by molar-refractivity contribution is 0.0951. The van der Waals surface area contributed by atoms with E-state index in [-0.39, 0.29) is 5.91 Å².